The molecule has 0 aromatic carbocycles. The highest BCUT2D eigenvalue weighted by atomic mass is 16.6. The molecule has 0 radical (unpaired) electrons. The van der Waals surface area contributed by atoms with Crippen molar-refractivity contribution in [3.63, 3.8) is 0 Å². The fourth-order valence-electron chi connectivity index (χ4n) is 2.81. The molecule has 6 nitrogen and oxygen atoms in total. The van der Waals surface area contributed by atoms with Gasteiger partial charge in [0, 0.05) is 19.3 Å². The van der Waals surface area contributed by atoms with Crippen LogP contribution in [0.1, 0.15) is 111 Å². The summed E-state index contributed by atoms with van der Waals surface area (Å²) in [6.45, 7) is 6.60. The molecule has 0 saturated carbocycles. The Morgan fingerprint density at radius 2 is 1.10 bits per heavy atom. The fourth-order valence-corrected chi connectivity index (χ4v) is 2.81. The van der Waals surface area contributed by atoms with Crippen LogP contribution in [0.5, 0.6) is 0 Å². The molecule has 170 valence electrons. The van der Waals surface area contributed by atoms with Gasteiger partial charge in [0.2, 0.25) is 0 Å². The van der Waals surface area contributed by atoms with Gasteiger partial charge in [-0.3, -0.25) is 14.4 Å². The maximum atomic E-state index is 12.0. The Morgan fingerprint density at radius 1 is 0.621 bits per heavy atom. The number of carbonyl (C=O) groups excluding carboxylic acids is 3. The van der Waals surface area contributed by atoms with Gasteiger partial charge in [-0.05, 0) is 32.1 Å². The van der Waals surface area contributed by atoms with Crippen LogP contribution in [-0.2, 0) is 28.6 Å². The van der Waals surface area contributed by atoms with Crippen LogP contribution in [0.2, 0.25) is 0 Å². The molecule has 0 rings (SSSR count). The van der Waals surface area contributed by atoms with Gasteiger partial charge >= 0.3 is 17.9 Å². The second-order valence-corrected chi connectivity index (χ2v) is 7.53. The van der Waals surface area contributed by atoms with Crippen LogP contribution in [0.15, 0.2) is 0 Å². The van der Waals surface area contributed by atoms with Crippen LogP contribution in [0.3, 0.4) is 0 Å². The molecule has 29 heavy (non-hydrogen) atoms. The SMILES string of the molecule is CCCCCC(=O)OCCCC(COC(=O)CCCCC)OC(=O)CCCCC. The largest absolute Gasteiger partial charge is 0.466 e. The first-order chi connectivity index (χ1) is 14.0. The molecule has 0 heterocycles. The molecule has 1 unspecified atom stereocenters. The predicted molar refractivity (Wildman–Crippen MR) is 113 cm³/mol. The maximum Gasteiger partial charge on any atom is 0.306 e. The van der Waals surface area contributed by atoms with E-state index in [4.69, 9.17) is 14.2 Å². The van der Waals surface area contributed by atoms with E-state index in [9.17, 15) is 14.4 Å². The number of hydrogen-bond acceptors (Lipinski definition) is 6. The average Bonchev–Trinajstić information content (AvgIpc) is 2.69. The van der Waals surface area contributed by atoms with Crippen LogP contribution < -0.4 is 0 Å². The van der Waals surface area contributed by atoms with E-state index >= 15 is 0 Å². The summed E-state index contributed by atoms with van der Waals surface area (Å²) in [5.41, 5.74) is 0. The topological polar surface area (TPSA) is 78.9 Å². The Bertz CT molecular complexity index is 435. The summed E-state index contributed by atoms with van der Waals surface area (Å²) in [5, 5.41) is 0. The average molecular weight is 415 g/mol. The first-order valence-electron chi connectivity index (χ1n) is 11.5. The Morgan fingerprint density at radius 3 is 1.62 bits per heavy atom. The third-order valence-electron chi connectivity index (χ3n) is 4.62. The zero-order valence-corrected chi connectivity index (χ0v) is 18.8. The molecule has 1 atom stereocenters. The number of unbranched alkanes of at least 4 members (excludes halogenated alkanes) is 6. The second-order valence-electron chi connectivity index (χ2n) is 7.53. The minimum Gasteiger partial charge on any atom is -0.466 e. The highest BCUT2D eigenvalue weighted by molar-refractivity contribution is 5.70. The summed E-state index contributed by atoms with van der Waals surface area (Å²) >= 11 is 0. The normalized spacial score (nSPS) is 11.7. The lowest BCUT2D eigenvalue weighted by Gasteiger charge is -2.18. The van der Waals surface area contributed by atoms with E-state index in [0.717, 1.165) is 57.8 Å². The molecule has 0 saturated heterocycles. The van der Waals surface area contributed by atoms with E-state index in [1.54, 1.807) is 0 Å². The molecule has 0 amide bonds. The lowest BCUT2D eigenvalue weighted by Crippen LogP contribution is -2.26. The lowest BCUT2D eigenvalue weighted by atomic mass is 10.2. The summed E-state index contributed by atoms with van der Waals surface area (Å²) in [5.74, 6) is -0.705. The first-order valence-corrected chi connectivity index (χ1v) is 11.5. The van der Waals surface area contributed by atoms with Gasteiger partial charge in [0.15, 0.2) is 0 Å². The van der Waals surface area contributed by atoms with E-state index in [0.29, 0.717) is 38.7 Å². The molecule has 0 aromatic rings. The zero-order chi connectivity index (χ0) is 21.7. The van der Waals surface area contributed by atoms with Crippen molar-refractivity contribution < 1.29 is 28.6 Å². The van der Waals surface area contributed by atoms with Crippen molar-refractivity contribution in [2.45, 2.75) is 117 Å². The second kappa shape index (κ2) is 19.7. The van der Waals surface area contributed by atoms with E-state index in [-0.39, 0.29) is 24.5 Å². The fraction of sp³-hybridized carbons (Fsp3) is 0.870. The van der Waals surface area contributed by atoms with Gasteiger partial charge in [0.1, 0.15) is 12.7 Å². The van der Waals surface area contributed by atoms with Gasteiger partial charge in [-0.15, -0.1) is 0 Å². The van der Waals surface area contributed by atoms with Crippen LogP contribution in [-0.4, -0.2) is 37.2 Å². The van der Waals surface area contributed by atoms with E-state index < -0.39 is 6.10 Å². The van der Waals surface area contributed by atoms with E-state index in [1.807, 2.05) is 0 Å². The molecule has 0 aromatic heterocycles. The maximum absolute atomic E-state index is 12.0. The van der Waals surface area contributed by atoms with E-state index in [1.165, 1.54) is 0 Å². The summed E-state index contributed by atoms with van der Waals surface area (Å²) in [4.78, 5) is 35.5. The van der Waals surface area contributed by atoms with Gasteiger partial charge in [-0.2, -0.15) is 0 Å². The van der Waals surface area contributed by atoms with Gasteiger partial charge in [-0.1, -0.05) is 59.3 Å². The van der Waals surface area contributed by atoms with Gasteiger partial charge in [0.25, 0.3) is 0 Å². The number of esters is 3. The number of ether oxygens (including phenoxy) is 3. The lowest BCUT2D eigenvalue weighted by molar-refractivity contribution is -0.160. The molecular formula is C23H42O6. The molecule has 0 spiro atoms. The summed E-state index contributed by atoms with van der Waals surface area (Å²) in [7, 11) is 0. The van der Waals surface area contributed by atoms with Crippen molar-refractivity contribution in [3.8, 4) is 0 Å². The van der Waals surface area contributed by atoms with Crippen molar-refractivity contribution in [3.05, 3.63) is 0 Å². The summed E-state index contributed by atoms with van der Waals surface area (Å²) < 4.78 is 16.0. The third kappa shape index (κ3) is 18.2. The minimum absolute atomic E-state index is 0.0644. The molecule has 0 N–H and O–H groups in total. The highest BCUT2D eigenvalue weighted by Crippen LogP contribution is 2.10. The molecule has 0 aliphatic rings. The Labute approximate surface area is 177 Å². The monoisotopic (exact) mass is 414 g/mol. The van der Waals surface area contributed by atoms with Crippen molar-refractivity contribution in [1.82, 2.24) is 0 Å². The van der Waals surface area contributed by atoms with Crippen LogP contribution >= 0.6 is 0 Å². The van der Waals surface area contributed by atoms with Crippen LogP contribution in [0, 0.1) is 0 Å². The predicted octanol–water partition coefficient (Wildman–Crippen LogP) is 5.51. The summed E-state index contributed by atoms with van der Waals surface area (Å²) in [6.07, 6.45) is 10.4. The van der Waals surface area contributed by atoms with Crippen molar-refractivity contribution >= 4 is 17.9 Å². The van der Waals surface area contributed by atoms with E-state index in [2.05, 4.69) is 20.8 Å². The van der Waals surface area contributed by atoms with Crippen molar-refractivity contribution in [1.29, 1.82) is 0 Å². The molecular weight excluding hydrogens is 372 g/mol. The Kier molecular flexibility index (Phi) is 18.6. The number of carbonyl (C=O) groups is 3. The summed E-state index contributed by atoms with van der Waals surface area (Å²) in [6, 6.07) is 0. The van der Waals surface area contributed by atoms with Gasteiger partial charge < -0.3 is 14.2 Å². The highest BCUT2D eigenvalue weighted by Gasteiger charge is 2.17. The molecule has 6 heteroatoms. The van der Waals surface area contributed by atoms with Crippen LogP contribution in [0.25, 0.3) is 0 Å². The standard InChI is InChI=1S/C23H42O6/c1-4-7-10-15-21(24)27-18-13-14-20(29-23(26)17-12-9-6-3)19-28-22(25)16-11-8-5-2/h20H,4-19H2,1-3H3. The third-order valence-corrected chi connectivity index (χ3v) is 4.62. The molecule has 0 bridgehead atoms. The van der Waals surface area contributed by atoms with Crippen LogP contribution in [0.4, 0.5) is 0 Å². The van der Waals surface area contributed by atoms with Gasteiger partial charge in [0.05, 0.1) is 6.61 Å². The molecule has 0 fully saturated rings. The molecule has 0 aliphatic heterocycles. The number of rotatable bonds is 19. The molecule has 0 aliphatic carbocycles. The van der Waals surface area contributed by atoms with Gasteiger partial charge in [-0.25, -0.2) is 0 Å². The minimum atomic E-state index is -0.488. The van der Waals surface area contributed by atoms with Crippen molar-refractivity contribution in [2.75, 3.05) is 13.2 Å². The van der Waals surface area contributed by atoms with Crippen molar-refractivity contribution in [2.24, 2.45) is 0 Å². The Balaban J connectivity index is 4.27. The zero-order valence-electron chi connectivity index (χ0n) is 18.8. The quantitative estimate of drug-likeness (QED) is 0.158. The Hall–Kier alpha value is -1.59. The number of hydrogen-bond donors (Lipinski definition) is 0. The first kappa shape index (κ1) is 27.4. The smallest absolute Gasteiger partial charge is 0.306 e.